The van der Waals surface area contributed by atoms with Crippen LogP contribution in [-0.4, -0.2) is 37.9 Å². The van der Waals surface area contributed by atoms with Gasteiger partial charge >= 0.3 is 5.97 Å². The summed E-state index contributed by atoms with van der Waals surface area (Å²) in [7, 11) is 0. The Morgan fingerprint density at radius 2 is 2.50 bits per heavy atom. The van der Waals surface area contributed by atoms with E-state index >= 15 is 0 Å². The van der Waals surface area contributed by atoms with Crippen LogP contribution in [0.15, 0.2) is 12.5 Å². The maximum Gasteiger partial charge on any atom is 0.322 e. The second-order valence-corrected chi connectivity index (χ2v) is 4.15. The molecule has 90 valence electrons. The van der Waals surface area contributed by atoms with Crippen LogP contribution in [0.3, 0.4) is 0 Å². The molecule has 1 atom stereocenters. The van der Waals surface area contributed by atoms with Gasteiger partial charge in [-0.25, -0.2) is 9.29 Å². The number of carboxylic acid groups (broad SMARTS) is 1. The molecule has 0 fully saturated rings. The van der Waals surface area contributed by atoms with E-state index in [1.807, 2.05) is 0 Å². The SMILES string of the molecule is CCCCN(S)[C@@H](Cc1c[nH]cn1)C(=O)O. The normalized spacial score (nSPS) is 12.9. The third kappa shape index (κ3) is 3.86. The minimum atomic E-state index is -0.867. The van der Waals surface area contributed by atoms with Gasteiger partial charge in [0, 0.05) is 19.2 Å². The smallest absolute Gasteiger partial charge is 0.322 e. The van der Waals surface area contributed by atoms with E-state index in [9.17, 15) is 4.79 Å². The lowest BCUT2D eigenvalue weighted by Crippen LogP contribution is -2.37. The molecule has 0 spiro atoms. The number of hydrogen-bond acceptors (Lipinski definition) is 4. The van der Waals surface area contributed by atoms with Crippen molar-refractivity contribution < 1.29 is 9.90 Å². The van der Waals surface area contributed by atoms with E-state index in [4.69, 9.17) is 5.11 Å². The summed E-state index contributed by atoms with van der Waals surface area (Å²) in [5, 5.41) is 9.11. The average Bonchev–Trinajstić information content (AvgIpc) is 2.74. The molecule has 0 aliphatic carbocycles. The highest BCUT2D eigenvalue weighted by Crippen LogP contribution is 2.10. The zero-order valence-corrected chi connectivity index (χ0v) is 10.2. The van der Waals surface area contributed by atoms with Gasteiger partial charge in [-0.3, -0.25) is 4.79 Å². The zero-order chi connectivity index (χ0) is 12.0. The van der Waals surface area contributed by atoms with Gasteiger partial charge in [-0.2, -0.15) is 0 Å². The van der Waals surface area contributed by atoms with Crippen molar-refractivity contribution in [3.8, 4) is 0 Å². The van der Waals surface area contributed by atoms with E-state index < -0.39 is 12.0 Å². The number of nitrogens with zero attached hydrogens (tertiary/aromatic N) is 2. The molecule has 1 rings (SSSR count). The molecule has 0 amide bonds. The van der Waals surface area contributed by atoms with Gasteiger partial charge in [0.15, 0.2) is 0 Å². The summed E-state index contributed by atoms with van der Waals surface area (Å²) < 4.78 is 1.57. The number of rotatable bonds is 7. The molecule has 0 aliphatic heterocycles. The molecule has 6 heteroatoms. The summed E-state index contributed by atoms with van der Waals surface area (Å²) in [6, 6.07) is -0.627. The number of aromatic nitrogens is 2. The Kier molecular flexibility index (Phi) is 5.34. The lowest BCUT2D eigenvalue weighted by molar-refractivity contribution is -0.141. The Hall–Kier alpha value is -1.01. The number of carbonyl (C=O) groups is 1. The van der Waals surface area contributed by atoms with E-state index in [0.29, 0.717) is 13.0 Å². The fourth-order valence-corrected chi connectivity index (χ4v) is 1.72. The molecule has 1 heterocycles. The van der Waals surface area contributed by atoms with Gasteiger partial charge in [0.25, 0.3) is 0 Å². The molecule has 2 N–H and O–H groups in total. The largest absolute Gasteiger partial charge is 0.480 e. The number of aliphatic carboxylic acids is 1. The van der Waals surface area contributed by atoms with Crippen molar-refractivity contribution in [3.05, 3.63) is 18.2 Å². The van der Waals surface area contributed by atoms with Crippen molar-refractivity contribution in [1.82, 2.24) is 14.3 Å². The topological polar surface area (TPSA) is 69.2 Å². The van der Waals surface area contributed by atoms with Crippen LogP contribution in [0.25, 0.3) is 0 Å². The Morgan fingerprint density at radius 1 is 1.75 bits per heavy atom. The minimum Gasteiger partial charge on any atom is -0.480 e. The Bertz CT molecular complexity index is 316. The minimum absolute atomic E-state index is 0.367. The monoisotopic (exact) mass is 243 g/mol. The fourth-order valence-electron chi connectivity index (χ4n) is 1.40. The predicted octanol–water partition coefficient (Wildman–Crippen LogP) is 1.35. The molecular formula is C10H17N3O2S. The first kappa shape index (κ1) is 13.1. The van der Waals surface area contributed by atoms with Crippen LogP contribution in [0.2, 0.25) is 0 Å². The first-order valence-corrected chi connectivity index (χ1v) is 5.71. The van der Waals surface area contributed by atoms with E-state index in [1.54, 1.807) is 16.8 Å². The van der Waals surface area contributed by atoms with Crippen LogP contribution >= 0.6 is 12.8 Å². The molecule has 0 aliphatic rings. The van der Waals surface area contributed by atoms with Crippen LogP contribution in [0.1, 0.15) is 25.5 Å². The summed E-state index contributed by atoms with van der Waals surface area (Å²) >= 11 is 4.22. The number of H-pyrrole nitrogens is 1. The van der Waals surface area contributed by atoms with Crippen molar-refractivity contribution in [2.24, 2.45) is 0 Å². The van der Waals surface area contributed by atoms with Crippen molar-refractivity contribution in [1.29, 1.82) is 0 Å². The van der Waals surface area contributed by atoms with Crippen molar-refractivity contribution >= 4 is 18.8 Å². The van der Waals surface area contributed by atoms with E-state index in [2.05, 4.69) is 29.7 Å². The maximum atomic E-state index is 11.1. The number of hydrogen-bond donors (Lipinski definition) is 3. The number of nitrogens with one attached hydrogen (secondary N) is 1. The highest BCUT2D eigenvalue weighted by Gasteiger charge is 2.24. The van der Waals surface area contributed by atoms with Gasteiger partial charge in [0.1, 0.15) is 6.04 Å². The zero-order valence-electron chi connectivity index (χ0n) is 9.26. The molecule has 0 unspecified atom stereocenters. The Labute approximate surface area is 100 Å². The summed E-state index contributed by atoms with van der Waals surface area (Å²) in [6.07, 6.45) is 5.58. The molecule has 16 heavy (non-hydrogen) atoms. The van der Waals surface area contributed by atoms with Gasteiger partial charge in [0.05, 0.1) is 12.0 Å². The average molecular weight is 243 g/mol. The second kappa shape index (κ2) is 6.55. The third-order valence-corrected chi connectivity index (χ3v) is 2.82. The molecule has 0 saturated carbocycles. The standard InChI is InChI=1S/C10H17N3O2S/c1-2-3-4-13(16)9(10(14)15)5-8-6-11-7-12-8/h6-7,9,16H,2-5H2,1H3,(H,11,12)(H,14,15)/t9-/m0/s1. The van der Waals surface area contributed by atoms with E-state index in [1.165, 1.54) is 0 Å². The molecule has 0 bridgehead atoms. The Balaban J connectivity index is 2.56. The van der Waals surface area contributed by atoms with Crippen LogP contribution in [0.4, 0.5) is 0 Å². The van der Waals surface area contributed by atoms with Crippen LogP contribution < -0.4 is 0 Å². The van der Waals surface area contributed by atoms with E-state index in [-0.39, 0.29) is 0 Å². The van der Waals surface area contributed by atoms with Crippen molar-refractivity contribution in [2.75, 3.05) is 6.54 Å². The lowest BCUT2D eigenvalue weighted by Gasteiger charge is -2.22. The van der Waals surface area contributed by atoms with Crippen LogP contribution in [-0.2, 0) is 11.2 Å². The molecule has 0 aromatic carbocycles. The third-order valence-electron chi connectivity index (χ3n) is 2.34. The van der Waals surface area contributed by atoms with Gasteiger partial charge in [-0.1, -0.05) is 26.2 Å². The summed E-state index contributed by atoms with van der Waals surface area (Å²) in [6.45, 7) is 2.73. The number of unbranched alkanes of at least 4 members (excludes halogenated alkanes) is 1. The molecular weight excluding hydrogens is 226 g/mol. The second-order valence-electron chi connectivity index (χ2n) is 3.64. The molecule has 0 radical (unpaired) electrons. The summed E-state index contributed by atoms with van der Waals surface area (Å²) in [4.78, 5) is 17.9. The molecule has 1 aromatic rings. The van der Waals surface area contributed by atoms with E-state index in [0.717, 1.165) is 18.5 Å². The van der Waals surface area contributed by atoms with Gasteiger partial charge in [-0.05, 0) is 6.42 Å². The maximum absolute atomic E-state index is 11.1. The number of aromatic amines is 1. The first-order valence-electron chi connectivity index (χ1n) is 5.31. The van der Waals surface area contributed by atoms with Gasteiger partial charge in [0.2, 0.25) is 0 Å². The van der Waals surface area contributed by atoms with Crippen molar-refractivity contribution in [2.45, 2.75) is 32.2 Å². The highest BCUT2D eigenvalue weighted by atomic mass is 32.1. The van der Waals surface area contributed by atoms with Crippen LogP contribution in [0, 0.1) is 0 Å². The number of imidazole rings is 1. The van der Waals surface area contributed by atoms with Crippen molar-refractivity contribution in [3.63, 3.8) is 0 Å². The Morgan fingerprint density at radius 3 is 3.00 bits per heavy atom. The molecule has 0 saturated heterocycles. The number of thiol groups is 1. The molecule has 1 aromatic heterocycles. The van der Waals surface area contributed by atoms with Crippen LogP contribution in [0.5, 0.6) is 0 Å². The van der Waals surface area contributed by atoms with Gasteiger partial charge in [-0.15, -0.1) is 0 Å². The molecule has 5 nitrogen and oxygen atoms in total. The fraction of sp³-hybridized carbons (Fsp3) is 0.600. The summed E-state index contributed by atoms with van der Waals surface area (Å²) in [5.74, 6) is -0.867. The highest BCUT2D eigenvalue weighted by molar-refractivity contribution is 7.77. The predicted molar refractivity (Wildman–Crippen MR) is 64.3 cm³/mol. The lowest BCUT2D eigenvalue weighted by atomic mass is 10.1. The quantitative estimate of drug-likeness (QED) is 0.632. The van der Waals surface area contributed by atoms with Gasteiger partial charge < -0.3 is 10.1 Å². The number of carboxylic acids is 1. The first-order chi connectivity index (χ1) is 7.65. The summed E-state index contributed by atoms with van der Waals surface area (Å²) in [5.41, 5.74) is 0.739.